The third-order valence-electron chi connectivity index (χ3n) is 2.75. The second-order valence-electron chi connectivity index (χ2n) is 3.85. The Bertz CT molecular complexity index is 523. The lowest BCUT2D eigenvalue weighted by Crippen LogP contribution is -1.97. The van der Waals surface area contributed by atoms with Gasteiger partial charge in [-0.3, -0.25) is 0 Å². The molecule has 0 bridgehead atoms. The second kappa shape index (κ2) is 5.15. The van der Waals surface area contributed by atoms with Crippen molar-refractivity contribution in [2.24, 2.45) is 0 Å². The van der Waals surface area contributed by atoms with Crippen molar-refractivity contribution in [1.82, 2.24) is 0 Å². The van der Waals surface area contributed by atoms with Crippen LogP contribution in [0.25, 0.3) is 0 Å². The van der Waals surface area contributed by atoms with Gasteiger partial charge in [-0.15, -0.1) is 11.8 Å². The Kier molecular flexibility index (Phi) is 3.59. The zero-order valence-electron chi connectivity index (χ0n) is 10.0. The van der Waals surface area contributed by atoms with Gasteiger partial charge in [0.2, 0.25) is 0 Å². The summed E-state index contributed by atoms with van der Waals surface area (Å²) in [5, 5.41) is 3.43. The van der Waals surface area contributed by atoms with Crippen molar-refractivity contribution in [2.75, 3.05) is 17.3 Å². The maximum atomic E-state index is 5.90. The summed E-state index contributed by atoms with van der Waals surface area (Å²) in [6.07, 6.45) is 2.08. The van der Waals surface area contributed by atoms with Gasteiger partial charge in [-0.25, -0.2) is 0 Å². The Balaban J connectivity index is 2.35. The minimum atomic E-state index is 0.816. The number of hydrogen-bond acceptors (Lipinski definition) is 3. The molecule has 3 heteroatoms. The number of nitrogens with two attached hydrogens (primary N) is 1. The summed E-state index contributed by atoms with van der Waals surface area (Å²) < 4.78 is 0. The highest BCUT2D eigenvalue weighted by Crippen LogP contribution is 2.30. The van der Waals surface area contributed by atoms with Gasteiger partial charge in [0.25, 0.3) is 0 Å². The third-order valence-corrected chi connectivity index (χ3v) is 3.55. The standard InChI is InChI=1S/C14H16N2S/c1-10-11(15)6-5-8-12(10)16-13-7-3-4-9-14(13)17-2/h3-9,16H,15H2,1-2H3. The Morgan fingerprint density at radius 2 is 1.71 bits per heavy atom. The number of para-hydroxylation sites is 1. The second-order valence-corrected chi connectivity index (χ2v) is 4.69. The molecule has 88 valence electrons. The van der Waals surface area contributed by atoms with Crippen molar-refractivity contribution < 1.29 is 0 Å². The molecule has 2 aromatic carbocycles. The first-order chi connectivity index (χ1) is 8.22. The number of benzene rings is 2. The lowest BCUT2D eigenvalue weighted by Gasteiger charge is -2.13. The first kappa shape index (κ1) is 11.9. The summed E-state index contributed by atoms with van der Waals surface area (Å²) >= 11 is 1.73. The Hall–Kier alpha value is -1.61. The summed E-state index contributed by atoms with van der Waals surface area (Å²) in [6, 6.07) is 14.2. The number of hydrogen-bond donors (Lipinski definition) is 2. The molecule has 0 aromatic heterocycles. The number of nitrogens with one attached hydrogen (secondary N) is 1. The maximum Gasteiger partial charge on any atom is 0.0522 e. The van der Waals surface area contributed by atoms with Gasteiger partial charge >= 0.3 is 0 Å². The van der Waals surface area contributed by atoms with E-state index in [1.54, 1.807) is 11.8 Å². The van der Waals surface area contributed by atoms with Gasteiger partial charge in [0.1, 0.15) is 0 Å². The van der Waals surface area contributed by atoms with Crippen LogP contribution in [0.4, 0.5) is 17.1 Å². The van der Waals surface area contributed by atoms with Crippen molar-refractivity contribution in [3.63, 3.8) is 0 Å². The van der Waals surface area contributed by atoms with Crippen molar-refractivity contribution in [3.8, 4) is 0 Å². The molecular weight excluding hydrogens is 228 g/mol. The van der Waals surface area contributed by atoms with Crippen LogP contribution in [0.15, 0.2) is 47.4 Å². The monoisotopic (exact) mass is 244 g/mol. The van der Waals surface area contributed by atoms with Crippen molar-refractivity contribution in [2.45, 2.75) is 11.8 Å². The quantitative estimate of drug-likeness (QED) is 0.632. The smallest absolute Gasteiger partial charge is 0.0522 e. The Morgan fingerprint density at radius 1 is 1.00 bits per heavy atom. The predicted molar refractivity (Wildman–Crippen MR) is 77.1 cm³/mol. The predicted octanol–water partition coefficient (Wildman–Crippen LogP) is 4.04. The van der Waals surface area contributed by atoms with E-state index in [2.05, 4.69) is 23.7 Å². The van der Waals surface area contributed by atoms with E-state index >= 15 is 0 Å². The van der Waals surface area contributed by atoms with Crippen LogP contribution in [-0.4, -0.2) is 6.26 Å². The Labute approximate surface area is 106 Å². The van der Waals surface area contributed by atoms with E-state index < -0.39 is 0 Å². The van der Waals surface area contributed by atoms with Crippen LogP contribution in [0, 0.1) is 6.92 Å². The van der Waals surface area contributed by atoms with Gasteiger partial charge in [-0.05, 0) is 43.0 Å². The van der Waals surface area contributed by atoms with Gasteiger partial charge in [0.05, 0.1) is 5.69 Å². The summed E-state index contributed by atoms with van der Waals surface area (Å²) in [6.45, 7) is 2.03. The van der Waals surface area contributed by atoms with E-state index in [-0.39, 0.29) is 0 Å². The summed E-state index contributed by atoms with van der Waals surface area (Å²) in [5.74, 6) is 0. The minimum absolute atomic E-state index is 0.816. The van der Waals surface area contributed by atoms with Crippen LogP contribution in [0.2, 0.25) is 0 Å². The molecule has 0 aliphatic carbocycles. The number of anilines is 3. The summed E-state index contributed by atoms with van der Waals surface area (Å²) in [5.41, 5.74) is 9.98. The van der Waals surface area contributed by atoms with Crippen LogP contribution >= 0.6 is 11.8 Å². The molecule has 2 nitrogen and oxygen atoms in total. The van der Waals surface area contributed by atoms with Crippen molar-refractivity contribution in [3.05, 3.63) is 48.0 Å². The molecule has 0 amide bonds. The fraction of sp³-hybridized carbons (Fsp3) is 0.143. The molecule has 0 spiro atoms. The third kappa shape index (κ3) is 2.56. The van der Waals surface area contributed by atoms with Crippen LogP contribution in [-0.2, 0) is 0 Å². The molecule has 0 unspecified atom stereocenters. The molecule has 17 heavy (non-hydrogen) atoms. The zero-order chi connectivity index (χ0) is 12.3. The molecule has 0 saturated carbocycles. The molecule has 2 aromatic rings. The van der Waals surface area contributed by atoms with Gasteiger partial charge in [-0.1, -0.05) is 18.2 Å². The molecule has 0 aliphatic heterocycles. The maximum absolute atomic E-state index is 5.90. The number of thioether (sulfide) groups is 1. The van der Waals surface area contributed by atoms with E-state index in [1.807, 2.05) is 37.3 Å². The summed E-state index contributed by atoms with van der Waals surface area (Å²) in [7, 11) is 0. The first-order valence-electron chi connectivity index (χ1n) is 5.47. The highest BCUT2D eigenvalue weighted by Gasteiger charge is 2.04. The molecule has 0 aliphatic rings. The van der Waals surface area contributed by atoms with Crippen molar-refractivity contribution in [1.29, 1.82) is 0 Å². The fourth-order valence-corrected chi connectivity index (χ4v) is 2.24. The lowest BCUT2D eigenvalue weighted by atomic mass is 10.1. The molecule has 0 saturated heterocycles. The topological polar surface area (TPSA) is 38.0 Å². The largest absolute Gasteiger partial charge is 0.398 e. The van der Waals surface area contributed by atoms with Crippen LogP contribution in [0.3, 0.4) is 0 Å². The van der Waals surface area contributed by atoms with Gasteiger partial charge < -0.3 is 11.1 Å². The molecule has 0 heterocycles. The van der Waals surface area contributed by atoms with Gasteiger partial charge in [-0.2, -0.15) is 0 Å². The normalized spacial score (nSPS) is 10.2. The van der Waals surface area contributed by atoms with Gasteiger partial charge in [0.15, 0.2) is 0 Å². The zero-order valence-corrected chi connectivity index (χ0v) is 10.8. The molecule has 3 N–H and O–H groups in total. The SMILES string of the molecule is CSc1ccccc1Nc1cccc(N)c1C. The van der Waals surface area contributed by atoms with Crippen molar-refractivity contribution >= 4 is 28.8 Å². The molecule has 0 radical (unpaired) electrons. The minimum Gasteiger partial charge on any atom is -0.398 e. The lowest BCUT2D eigenvalue weighted by molar-refractivity contribution is 1.38. The fourth-order valence-electron chi connectivity index (χ4n) is 1.68. The average molecular weight is 244 g/mol. The van der Waals surface area contributed by atoms with Crippen LogP contribution < -0.4 is 11.1 Å². The van der Waals surface area contributed by atoms with Crippen LogP contribution in [0.1, 0.15) is 5.56 Å². The van der Waals surface area contributed by atoms with E-state index in [1.165, 1.54) is 4.90 Å². The number of nitrogen functional groups attached to an aromatic ring is 1. The molecule has 2 rings (SSSR count). The van der Waals surface area contributed by atoms with E-state index in [0.717, 1.165) is 22.6 Å². The Morgan fingerprint density at radius 3 is 2.47 bits per heavy atom. The van der Waals surface area contributed by atoms with E-state index in [9.17, 15) is 0 Å². The highest BCUT2D eigenvalue weighted by atomic mass is 32.2. The molecule has 0 fully saturated rings. The first-order valence-corrected chi connectivity index (χ1v) is 6.70. The van der Waals surface area contributed by atoms with E-state index in [4.69, 9.17) is 5.73 Å². The summed E-state index contributed by atoms with van der Waals surface area (Å²) in [4.78, 5) is 1.23. The van der Waals surface area contributed by atoms with Gasteiger partial charge in [0, 0.05) is 16.3 Å². The van der Waals surface area contributed by atoms with E-state index in [0.29, 0.717) is 0 Å². The van der Waals surface area contributed by atoms with Crippen LogP contribution in [0.5, 0.6) is 0 Å². The molecular formula is C14H16N2S. The highest BCUT2D eigenvalue weighted by molar-refractivity contribution is 7.98. The average Bonchev–Trinajstić information content (AvgIpc) is 2.35. The number of rotatable bonds is 3. The molecule has 0 atom stereocenters.